The summed E-state index contributed by atoms with van der Waals surface area (Å²) in [5.74, 6) is -0.212. The van der Waals surface area contributed by atoms with Gasteiger partial charge in [0.1, 0.15) is 5.01 Å². The fourth-order valence-corrected chi connectivity index (χ4v) is 4.18. The lowest BCUT2D eigenvalue weighted by Gasteiger charge is -2.14. The van der Waals surface area contributed by atoms with Crippen LogP contribution in [0.5, 0.6) is 0 Å². The Kier molecular flexibility index (Phi) is 4.83. The van der Waals surface area contributed by atoms with Gasteiger partial charge >= 0.3 is 0 Å². The molecule has 0 saturated heterocycles. The Hall–Kier alpha value is -2.49. The first kappa shape index (κ1) is 17.0. The molecule has 0 aliphatic carbocycles. The molecule has 0 spiro atoms. The van der Waals surface area contributed by atoms with Crippen molar-refractivity contribution in [2.24, 2.45) is 0 Å². The summed E-state index contributed by atoms with van der Waals surface area (Å²) in [6.07, 6.45) is 0.602. The molecule has 1 aromatic heterocycles. The number of carbonyl (C=O) groups excluding carboxylic acids is 1. The molecule has 26 heavy (non-hydrogen) atoms. The molecule has 0 amide bonds. The minimum atomic E-state index is -0.309. The fourth-order valence-electron chi connectivity index (χ4n) is 2.99. The summed E-state index contributed by atoms with van der Waals surface area (Å²) in [6, 6.07) is 25.1. The van der Waals surface area contributed by atoms with Crippen LogP contribution in [0.2, 0.25) is 5.02 Å². The van der Waals surface area contributed by atoms with Crippen LogP contribution in [0.15, 0.2) is 78.9 Å². The number of aromatic nitrogens is 1. The van der Waals surface area contributed by atoms with E-state index in [0.29, 0.717) is 17.0 Å². The monoisotopic (exact) mass is 377 g/mol. The van der Waals surface area contributed by atoms with E-state index in [9.17, 15) is 4.79 Å². The molecule has 0 saturated carbocycles. The molecule has 4 heteroatoms. The first-order valence-corrected chi connectivity index (χ1v) is 9.59. The van der Waals surface area contributed by atoms with Gasteiger partial charge < -0.3 is 0 Å². The summed E-state index contributed by atoms with van der Waals surface area (Å²) >= 11 is 7.59. The van der Waals surface area contributed by atoms with E-state index in [1.807, 2.05) is 78.9 Å². The second-order valence-electron chi connectivity index (χ2n) is 6.13. The van der Waals surface area contributed by atoms with E-state index in [-0.39, 0.29) is 11.7 Å². The predicted molar refractivity (Wildman–Crippen MR) is 108 cm³/mol. The van der Waals surface area contributed by atoms with E-state index in [2.05, 4.69) is 0 Å². The molecule has 0 unspecified atom stereocenters. The molecule has 0 radical (unpaired) electrons. The highest BCUT2D eigenvalue weighted by Crippen LogP contribution is 2.32. The summed E-state index contributed by atoms with van der Waals surface area (Å²) in [5.41, 5.74) is 2.73. The Morgan fingerprint density at radius 3 is 2.35 bits per heavy atom. The Labute approximate surface area is 161 Å². The maximum absolute atomic E-state index is 13.2. The molecule has 0 bridgehead atoms. The van der Waals surface area contributed by atoms with Crippen LogP contribution in [0, 0.1) is 0 Å². The van der Waals surface area contributed by atoms with E-state index in [0.717, 1.165) is 20.8 Å². The summed E-state index contributed by atoms with van der Waals surface area (Å²) in [7, 11) is 0. The number of thiazole rings is 1. The molecule has 1 atom stereocenters. The van der Waals surface area contributed by atoms with Crippen LogP contribution in [-0.4, -0.2) is 10.8 Å². The van der Waals surface area contributed by atoms with Gasteiger partial charge in [0.2, 0.25) is 0 Å². The van der Waals surface area contributed by atoms with Crippen molar-refractivity contribution in [1.82, 2.24) is 4.98 Å². The highest BCUT2D eigenvalue weighted by atomic mass is 35.5. The Morgan fingerprint density at radius 1 is 0.923 bits per heavy atom. The van der Waals surface area contributed by atoms with Crippen LogP contribution in [-0.2, 0) is 6.42 Å². The smallest absolute Gasteiger partial charge is 0.173 e. The van der Waals surface area contributed by atoms with Gasteiger partial charge in [-0.25, -0.2) is 4.98 Å². The van der Waals surface area contributed by atoms with E-state index in [1.165, 1.54) is 0 Å². The fraction of sp³-hybridized carbons (Fsp3) is 0.0909. The van der Waals surface area contributed by atoms with Gasteiger partial charge in [-0.05, 0) is 36.2 Å². The summed E-state index contributed by atoms with van der Waals surface area (Å²) in [4.78, 5) is 18.0. The predicted octanol–water partition coefficient (Wildman–Crippen LogP) is 6.16. The second-order valence-corrected chi connectivity index (χ2v) is 7.63. The number of rotatable bonds is 5. The highest BCUT2D eigenvalue weighted by molar-refractivity contribution is 7.18. The van der Waals surface area contributed by atoms with Crippen molar-refractivity contribution in [3.05, 3.63) is 100 Å². The zero-order chi connectivity index (χ0) is 17.9. The lowest BCUT2D eigenvalue weighted by molar-refractivity contribution is 0.0959. The Balaban J connectivity index is 1.75. The number of ketones is 1. The third-order valence-electron chi connectivity index (χ3n) is 4.34. The molecule has 2 nitrogen and oxygen atoms in total. The zero-order valence-corrected chi connectivity index (χ0v) is 15.5. The SMILES string of the molecule is O=C(c1ccccc1)[C@H](Cc1ccc(Cl)cc1)c1nc2ccccc2s1. The van der Waals surface area contributed by atoms with Crippen molar-refractivity contribution >= 4 is 38.9 Å². The Bertz CT molecular complexity index is 1010. The lowest BCUT2D eigenvalue weighted by Crippen LogP contribution is -2.15. The van der Waals surface area contributed by atoms with Gasteiger partial charge in [0.05, 0.1) is 16.1 Å². The molecule has 1 heterocycles. The van der Waals surface area contributed by atoms with E-state index in [1.54, 1.807) is 11.3 Å². The van der Waals surface area contributed by atoms with Crippen molar-refractivity contribution in [2.45, 2.75) is 12.3 Å². The average Bonchev–Trinajstić information content (AvgIpc) is 3.11. The summed E-state index contributed by atoms with van der Waals surface area (Å²) < 4.78 is 1.10. The molecule has 3 aromatic carbocycles. The molecule has 4 aromatic rings. The largest absolute Gasteiger partial charge is 0.293 e. The second kappa shape index (κ2) is 7.40. The number of halogens is 1. The van der Waals surface area contributed by atoms with Gasteiger partial charge in [-0.15, -0.1) is 11.3 Å². The molecule has 0 aliphatic rings. The van der Waals surface area contributed by atoms with Gasteiger partial charge in [-0.1, -0.05) is 66.2 Å². The van der Waals surface area contributed by atoms with Gasteiger partial charge in [-0.3, -0.25) is 4.79 Å². The molecule has 4 rings (SSSR count). The normalized spacial score (nSPS) is 12.2. The zero-order valence-electron chi connectivity index (χ0n) is 13.9. The number of hydrogen-bond donors (Lipinski definition) is 0. The van der Waals surface area contributed by atoms with Gasteiger partial charge in [-0.2, -0.15) is 0 Å². The minimum absolute atomic E-state index is 0.0969. The molecular formula is C22H16ClNOS. The molecule has 0 aliphatic heterocycles. The number of fused-ring (bicyclic) bond motifs is 1. The number of carbonyl (C=O) groups is 1. The quantitative estimate of drug-likeness (QED) is 0.390. The third-order valence-corrected chi connectivity index (χ3v) is 5.74. The standard InChI is InChI=1S/C22H16ClNOS/c23-17-12-10-15(11-13-17)14-18(21(25)16-6-2-1-3-7-16)22-24-19-8-4-5-9-20(19)26-22/h1-13,18H,14H2/t18-/m0/s1. The highest BCUT2D eigenvalue weighted by Gasteiger charge is 2.25. The van der Waals surface area contributed by atoms with Crippen molar-refractivity contribution < 1.29 is 4.79 Å². The number of benzene rings is 3. The van der Waals surface area contributed by atoms with E-state index < -0.39 is 0 Å². The van der Waals surface area contributed by atoms with Gasteiger partial charge in [0.25, 0.3) is 0 Å². The van der Waals surface area contributed by atoms with E-state index in [4.69, 9.17) is 16.6 Å². The van der Waals surface area contributed by atoms with Crippen molar-refractivity contribution in [2.75, 3.05) is 0 Å². The molecule has 128 valence electrons. The number of hydrogen-bond acceptors (Lipinski definition) is 3. The first-order valence-electron chi connectivity index (χ1n) is 8.40. The maximum atomic E-state index is 13.2. The lowest BCUT2D eigenvalue weighted by atomic mass is 9.91. The molecule has 0 N–H and O–H groups in total. The van der Waals surface area contributed by atoms with Crippen molar-refractivity contribution in [3.63, 3.8) is 0 Å². The topological polar surface area (TPSA) is 30.0 Å². The summed E-state index contributed by atoms with van der Waals surface area (Å²) in [6.45, 7) is 0. The first-order chi connectivity index (χ1) is 12.7. The Morgan fingerprint density at radius 2 is 1.62 bits per heavy atom. The van der Waals surface area contributed by atoms with Crippen LogP contribution >= 0.6 is 22.9 Å². The van der Waals surface area contributed by atoms with Gasteiger partial charge in [0.15, 0.2) is 5.78 Å². The summed E-state index contributed by atoms with van der Waals surface area (Å²) in [5, 5.41) is 1.55. The van der Waals surface area contributed by atoms with Crippen LogP contribution in [0.1, 0.15) is 26.8 Å². The van der Waals surface area contributed by atoms with Crippen molar-refractivity contribution in [1.29, 1.82) is 0 Å². The van der Waals surface area contributed by atoms with Crippen LogP contribution in [0.25, 0.3) is 10.2 Å². The molecule has 0 fully saturated rings. The minimum Gasteiger partial charge on any atom is -0.293 e. The van der Waals surface area contributed by atoms with Crippen LogP contribution < -0.4 is 0 Å². The average molecular weight is 378 g/mol. The maximum Gasteiger partial charge on any atom is 0.173 e. The number of nitrogens with zero attached hydrogens (tertiary/aromatic N) is 1. The number of Topliss-reactive ketones (excluding diaryl/α,β-unsaturated/α-hetero) is 1. The number of para-hydroxylation sites is 1. The molecular weight excluding hydrogens is 362 g/mol. The van der Waals surface area contributed by atoms with Gasteiger partial charge in [0, 0.05) is 10.6 Å². The van der Waals surface area contributed by atoms with Crippen molar-refractivity contribution in [3.8, 4) is 0 Å². The van der Waals surface area contributed by atoms with Crippen LogP contribution in [0.3, 0.4) is 0 Å². The third kappa shape index (κ3) is 3.55. The van der Waals surface area contributed by atoms with Crippen LogP contribution in [0.4, 0.5) is 0 Å². The van der Waals surface area contributed by atoms with E-state index >= 15 is 0 Å².